The number of esters is 2. The Morgan fingerprint density at radius 2 is 2.10 bits per heavy atom. The summed E-state index contributed by atoms with van der Waals surface area (Å²) in [5.74, 6) is -0.765. The van der Waals surface area contributed by atoms with E-state index >= 15 is 0 Å². The molecule has 21 heavy (non-hydrogen) atoms. The van der Waals surface area contributed by atoms with Gasteiger partial charge in [0.15, 0.2) is 0 Å². The van der Waals surface area contributed by atoms with E-state index in [2.05, 4.69) is 4.74 Å². The average molecular weight is 292 g/mol. The first kappa shape index (κ1) is 15.1. The molecule has 1 unspecified atom stereocenters. The summed E-state index contributed by atoms with van der Waals surface area (Å²) in [6, 6.07) is 3.07. The van der Waals surface area contributed by atoms with Crippen molar-refractivity contribution in [2.24, 2.45) is 0 Å². The second kappa shape index (κ2) is 5.97. The van der Waals surface area contributed by atoms with Crippen molar-refractivity contribution in [2.45, 2.75) is 13.0 Å². The Bertz CT molecular complexity index is 617. The number of carbonyl (C=O) groups excluding carboxylic acids is 2. The molecule has 1 aliphatic heterocycles. The van der Waals surface area contributed by atoms with Crippen LogP contribution in [0.5, 0.6) is 5.75 Å². The summed E-state index contributed by atoms with van der Waals surface area (Å²) in [7, 11) is 2.70. The van der Waals surface area contributed by atoms with Crippen LogP contribution in [-0.4, -0.2) is 37.9 Å². The fourth-order valence-electron chi connectivity index (χ4n) is 2.30. The largest absolute Gasteiger partial charge is 0.496 e. The molecule has 0 bridgehead atoms. The quantitative estimate of drug-likeness (QED) is 0.842. The van der Waals surface area contributed by atoms with Crippen LogP contribution in [0.2, 0.25) is 0 Å². The number of aliphatic hydroxyl groups excluding tert-OH is 1. The standard InChI is InChI=1S/C15H16O6/c1-8-9(12(16)10-6-7-21-15(10)18)4-5-11(13(8)19-2)14(17)20-3/h4-6,12,16H,7H2,1-3H3. The number of hydrogen-bond acceptors (Lipinski definition) is 6. The van der Waals surface area contributed by atoms with Crippen molar-refractivity contribution in [3.63, 3.8) is 0 Å². The number of methoxy groups -OCH3 is 2. The van der Waals surface area contributed by atoms with Crippen molar-refractivity contribution < 1.29 is 28.9 Å². The van der Waals surface area contributed by atoms with Gasteiger partial charge in [0.1, 0.15) is 24.0 Å². The Morgan fingerprint density at radius 3 is 2.62 bits per heavy atom. The van der Waals surface area contributed by atoms with Crippen molar-refractivity contribution >= 4 is 11.9 Å². The van der Waals surface area contributed by atoms with Crippen LogP contribution in [0.25, 0.3) is 0 Å². The number of aliphatic hydroxyl groups is 1. The summed E-state index contributed by atoms with van der Waals surface area (Å²) < 4.78 is 14.7. The van der Waals surface area contributed by atoms with E-state index in [0.29, 0.717) is 16.9 Å². The van der Waals surface area contributed by atoms with Crippen LogP contribution in [0.3, 0.4) is 0 Å². The normalized spacial score (nSPS) is 15.2. The Hall–Kier alpha value is -2.34. The van der Waals surface area contributed by atoms with Gasteiger partial charge in [0.05, 0.1) is 19.8 Å². The van der Waals surface area contributed by atoms with Gasteiger partial charge in [0.2, 0.25) is 0 Å². The molecule has 1 N–H and O–H groups in total. The summed E-state index contributed by atoms with van der Waals surface area (Å²) >= 11 is 0. The molecule has 2 rings (SSSR count). The first-order valence-electron chi connectivity index (χ1n) is 6.32. The second-order valence-corrected chi connectivity index (χ2v) is 4.51. The molecule has 112 valence electrons. The van der Waals surface area contributed by atoms with E-state index in [1.165, 1.54) is 26.4 Å². The van der Waals surface area contributed by atoms with E-state index in [1.807, 2.05) is 0 Å². The minimum absolute atomic E-state index is 0.154. The van der Waals surface area contributed by atoms with Gasteiger partial charge in [-0.15, -0.1) is 0 Å². The van der Waals surface area contributed by atoms with Gasteiger partial charge >= 0.3 is 11.9 Å². The lowest BCUT2D eigenvalue weighted by atomic mass is 9.95. The van der Waals surface area contributed by atoms with E-state index in [1.54, 1.807) is 13.0 Å². The van der Waals surface area contributed by atoms with Crippen LogP contribution in [0, 0.1) is 6.92 Å². The van der Waals surface area contributed by atoms with Gasteiger partial charge in [-0.05, 0) is 30.2 Å². The molecule has 0 radical (unpaired) electrons. The lowest BCUT2D eigenvalue weighted by molar-refractivity contribution is -0.136. The molecule has 1 aromatic carbocycles. The van der Waals surface area contributed by atoms with Gasteiger partial charge in [0.25, 0.3) is 0 Å². The minimum Gasteiger partial charge on any atom is -0.496 e. The Kier molecular flexibility index (Phi) is 4.28. The molecule has 1 heterocycles. The molecule has 6 heteroatoms. The van der Waals surface area contributed by atoms with Gasteiger partial charge in [0, 0.05) is 0 Å². The molecule has 0 aliphatic carbocycles. The predicted molar refractivity (Wildman–Crippen MR) is 73.1 cm³/mol. The van der Waals surface area contributed by atoms with Crippen LogP contribution < -0.4 is 4.74 Å². The highest BCUT2D eigenvalue weighted by Crippen LogP contribution is 2.34. The summed E-state index contributed by atoms with van der Waals surface area (Å²) in [4.78, 5) is 23.2. The average Bonchev–Trinajstić information content (AvgIpc) is 2.91. The molecule has 1 aliphatic rings. The maximum absolute atomic E-state index is 11.7. The predicted octanol–water partition coefficient (Wildman–Crippen LogP) is 1.31. The first-order chi connectivity index (χ1) is 10.0. The molecule has 1 aromatic rings. The third-order valence-corrected chi connectivity index (χ3v) is 3.40. The van der Waals surface area contributed by atoms with Crippen molar-refractivity contribution in [3.05, 3.63) is 40.5 Å². The zero-order valence-electron chi connectivity index (χ0n) is 12.0. The fourth-order valence-corrected chi connectivity index (χ4v) is 2.30. The van der Waals surface area contributed by atoms with E-state index in [0.717, 1.165) is 0 Å². The molecular weight excluding hydrogens is 276 g/mol. The lowest BCUT2D eigenvalue weighted by Crippen LogP contribution is -2.12. The molecule has 1 atom stereocenters. The SMILES string of the molecule is COC(=O)c1ccc(C(O)C2=CCOC2=O)c(C)c1OC. The zero-order valence-corrected chi connectivity index (χ0v) is 12.0. The Morgan fingerprint density at radius 1 is 1.38 bits per heavy atom. The summed E-state index contributed by atoms with van der Waals surface area (Å²) in [6.07, 6.45) is 0.410. The molecule has 0 amide bonds. The van der Waals surface area contributed by atoms with Gasteiger partial charge in [-0.25, -0.2) is 9.59 Å². The van der Waals surface area contributed by atoms with Crippen molar-refractivity contribution in [1.29, 1.82) is 0 Å². The number of benzene rings is 1. The van der Waals surface area contributed by atoms with E-state index < -0.39 is 18.0 Å². The number of hydrogen-bond donors (Lipinski definition) is 1. The van der Waals surface area contributed by atoms with Crippen molar-refractivity contribution in [2.75, 3.05) is 20.8 Å². The first-order valence-corrected chi connectivity index (χ1v) is 6.32. The molecule has 0 saturated carbocycles. The van der Waals surface area contributed by atoms with E-state index in [4.69, 9.17) is 9.47 Å². The molecule has 0 saturated heterocycles. The topological polar surface area (TPSA) is 82.1 Å². The zero-order chi connectivity index (χ0) is 15.6. The van der Waals surface area contributed by atoms with Crippen LogP contribution >= 0.6 is 0 Å². The van der Waals surface area contributed by atoms with Crippen LogP contribution in [0.1, 0.15) is 27.6 Å². The van der Waals surface area contributed by atoms with Crippen LogP contribution in [0.15, 0.2) is 23.8 Å². The third-order valence-electron chi connectivity index (χ3n) is 3.40. The van der Waals surface area contributed by atoms with Gasteiger partial charge in [-0.2, -0.15) is 0 Å². The highest BCUT2D eigenvalue weighted by Gasteiger charge is 2.28. The maximum atomic E-state index is 11.7. The highest BCUT2D eigenvalue weighted by molar-refractivity contribution is 5.94. The van der Waals surface area contributed by atoms with Gasteiger partial charge in [-0.3, -0.25) is 0 Å². The molecule has 0 fully saturated rings. The Labute approximate surface area is 121 Å². The van der Waals surface area contributed by atoms with Crippen molar-refractivity contribution in [1.82, 2.24) is 0 Å². The van der Waals surface area contributed by atoms with Crippen LogP contribution in [-0.2, 0) is 14.3 Å². The molecule has 0 spiro atoms. The Balaban J connectivity index is 2.46. The number of rotatable bonds is 4. The van der Waals surface area contributed by atoms with Crippen LogP contribution in [0.4, 0.5) is 0 Å². The minimum atomic E-state index is -1.12. The van der Waals surface area contributed by atoms with Gasteiger partial charge < -0.3 is 19.3 Å². The molecule has 0 aromatic heterocycles. The summed E-state index contributed by atoms with van der Waals surface area (Å²) in [6.45, 7) is 1.85. The smallest absolute Gasteiger partial charge is 0.341 e. The second-order valence-electron chi connectivity index (χ2n) is 4.51. The highest BCUT2D eigenvalue weighted by atomic mass is 16.5. The summed E-state index contributed by atoms with van der Waals surface area (Å²) in [5.41, 5.74) is 1.49. The number of cyclic esters (lactones) is 1. The fraction of sp³-hybridized carbons (Fsp3) is 0.333. The third kappa shape index (κ3) is 2.62. The molecule has 6 nitrogen and oxygen atoms in total. The number of ether oxygens (including phenoxy) is 3. The van der Waals surface area contributed by atoms with E-state index in [-0.39, 0.29) is 17.7 Å². The van der Waals surface area contributed by atoms with E-state index in [9.17, 15) is 14.7 Å². The lowest BCUT2D eigenvalue weighted by Gasteiger charge is -2.17. The molecular formula is C15H16O6. The van der Waals surface area contributed by atoms with Crippen molar-refractivity contribution in [3.8, 4) is 5.75 Å². The monoisotopic (exact) mass is 292 g/mol. The number of carbonyl (C=O) groups is 2. The maximum Gasteiger partial charge on any atom is 0.341 e. The van der Waals surface area contributed by atoms with Gasteiger partial charge in [-0.1, -0.05) is 6.07 Å². The summed E-state index contributed by atoms with van der Waals surface area (Å²) in [5, 5.41) is 10.3.